The highest BCUT2D eigenvalue weighted by Crippen LogP contribution is 2.45. The van der Waals surface area contributed by atoms with Crippen LogP contribution in [0.3, 0.4) is 0 Å². The number of nitrogens with two attached hydrogens (primary N) is 1. The average molecular weight is 333 g/mol. The van der Waals surface area contributed by atoms with E-state index in [-0.39, 0.29) is 5.84 Å². The number of thioether (sulfide) groups is 1. The minimum Gasteiger partial charge on any atom is -0.384 e. The average Bonchev–Trinajstić information content (AvgIpc) is 2.72. The summed E-state index contributed by atoms with van der Waals surface area (Å²) in [7, 11) is 0. The maximum absolute atomic E-state index is 11.4. The van der Waals surface area contributed by atoms with Gasteiger partial charge in [0.15, 0.2) is 5.60 Å². The Balaban J connectivity index is 2.20. The number of hydrogen-bond donors (Lipinski definition) is 2. The number of fused-ring (bicyclic) bond motifs is 1. The molecule has 0 fully saturated rings. The van der Waals surface area contributed by atoms with Gasteiger partial charge in [0.1, 0.15) is 5.84 Å². The number of amidine groups is 1. The minimum absolute atomic E-state index is 0.182. The Kier molecular flexibility index (Phi) is 3.93. The summed E-state index contributed by atoms with van der Waals surface area (Å²) in [6, 6.07) is 13.0. The van der Waals surface area contributed by atoms with Crippen LogP contribution in [0, 0.1) is 0 Å². The van der Waals surface area contributed by atoms with Crippen molar-refractivity contribution in [3.05, 3.63) is 58.6 Å². The topological polar surface area (TPSA) is 58.6 Å². The van der Waals surface area contributed by atoms with Crippen molar-refractivity contribution in [3.63, 3.8) is 0 Å². The molecule has 1 aliphatic heterocycles. The highest BCUT2D eigenvalue weighted by molar-refractivity contribution is 8.00. The largest absolute Gasteiger partial charge is 0.384 e. The molecule has 0 aromatic heterocycles. The van der Waals surface area contributed by atoms with Crippen LogP contribution >= 0.6 is 23.4 Å². The zero-order valence-corrected chi connectivity index (χ0v) is 13.9. The minimum atomic E-state index is -1.43. The van der Waals surface area contributed by atoms with E-state index in [1.54, 1.807) is 30.0 Å². The Hall–Kier alpha value is -1.49. The van der Waals surface area contributed by atoms with Crippen LogP contribution < -0.4 is 5.73 Å². The van der Waals surface area contributed by atoms with E-state index in [1.807, 2.05) is 24.3 Å². The highest BCUT2D eigenvalue weighted by Gasteiger charge is 2.43. The summed E-state index contributed by atoms with van der Waals surface area (Å²) in [5, 5.41) is 12.3. The van der Waals surface area contributed by atoms with E-state index in [0.29, 0.717) is 21.5 Å². The molecule has 3 nitrogen and oxygen atoms in total. The summed E-state index contributed by atoms with van der Waals surface area (Å²) < 4.78 is 0. The van der Waals surface area contributed by atoms with Gasteiger partial charge in [-0.3, -0.25) is 0 Å². The predicted molar refractivity (Wildman–Crippen MR) is 93.2 cm³/mol. The Bertz CT molecular complexity index is 760. The number of aliphatic imine (C=N–C) groups is 1. The van der Waals surface area contributed by atoms with Gasteiger partial charge in [-0.25, -0.2) is 4.99 Å². The van der Waals surface area contributed by atoms with E-state index in [0.717, 1.165) is 10.5 Å². The van der Waals surface area contributed by atoms with Crippen LogP contribution in [0.4, 0.5) is 5.69 Å². The molecule has 1 unspecified atom stereocenters. The standard InChI is InChI=1S/C17H17ClN2OS/c1-10(2)22-15-6-4-3-5-12(15)17(21)13-9-11(18)7-8-14(13)20-16(17)19/h3-10,21H,1-2H3,(H2,19,20). The summed E-state index contributed by atoms with van der Waals surface area (Å²) in [4.78, 5) is 5.31. The molecule has 1 atom stereocenters. The Morgan fingerprint density at radius 2 is 1.91 bits per heavy atom. The van der Waals surface area contributed by atoms with Crippen molar-refractivity contribution in [2.75, 3.05) is 0 Å². The van der Waals surface area contributed by atoms with Gasteiger partial charge in [-0.1, -0.05) is 43.6 Å². The van der Waals surface area contributed by atoms with Crippen molar-refractivity contribution in [3.8, 4) is 0 Å². The van der Waals surface area contributed by atoms with Gasteiger partial charge in [-0.05, 0) is 24.3 Å². The summed E-state index contributed by atoms with van der Waals surface area (Å²) >= 11 is 7.79. The fraction of sp³-hybridized carbons (Fsp3) is 0.235. The predicted octanol–water partition coefficient (Wildman–Crippen LogP) is 4.08. The third kappa shape index (κ3) is 2.41. The lowest BCUT2D eigenvalue weighted by atomic mass is 9.86. The van der Waals surface area contributed by atoms with E-state index < -0.39 is 5.60 Å². The molecule has 0 amide bonds. The lowest BCUT2D eigenvalue weighted by molar-refractivity contribution is 0.155. The van der Waals surface area contributed by atoms with Crippen LogP contribution in [0.1, 0.15) is 25.0 Å². The number of aliphatic hydroxyl groups is 1. The molecule has 2 aromatic carbocycles. The number of halogens is 1. The molecule has 0 spiro atoms. The molecular formula is C17H17ClN2OS. The van der Waals surface area contributed by atoms with Crippen molar-refractivity contribution < 1.29 is 5.11 Å². The van der Waals surface area contributed by atoms with Crippen molar-refractivity contribution in [2.45, 2.75) is 29.6 Å². The van der Waals surface area contributed by atoms with Gasteiger partial charge >= 0.3 is 0 Å². The Labute approximate surface area is 139 Å². The molecule has 5 heteroatoms. The Morgan fingerprint density at radius 1 is 1.18 bits per heavy atom. The number of hydrogen-bond acceptors (Lipinski definition) is 4. The first-order valence-electron chi connectivity index (χ1n) is 7.06. The van der Waals surface area contributed by atoms with Gasteiger partial charge in [0, 0.05) is 26.3 Å². The molecule has 0 bridgehead atoms. The van der Waals surface area contributed by atoms with E-state index in [1.165, 1.54) is 0 Å². The van der Waals surface area contributed by atoms with Gasteiger partial charge in [-0.15, -0.1) is 11.8 Å². The van der Waals surface area contributed by atoms with Crippen LogP contribution in [0.15, 0.2) is 52.4 Å². The van der Waals surface area contributed by atoms with Crippen LogP contribution in [0.2, 0.25) is 5.02 Å². The second-order valence-corrected chi connectivity index (χ2v) is 7.59. The molecule has 1 aliphatic rings. The Morgan fingerprint density at radius 3 is 2.64 bits per heavy atom. The molecule has 0 saturated heterocycles. The maximum atomic E-state index is 11.4. The molecule has 3 N–H and O–H groups in total. The summed E-state index contributed by atoms with van der Waals surface area (Å²) in [6.07, 6.45) is 0. The quantitative estimate of drug-likeness (QED) is 0.833. The van der Waals surface area contributed by atoms with E-state index >= 15 is 0 Å². The SMILES string of the molecule is CC(C)Sc1ccccc1C1(O)C(N)=Nc2ccc(Cl)cc21. The third-order valence-corrected chi connectivity index (χ3v) is 4.92. The first kappa shape index (κ1) is 15.4. The van der Waals surface area contributed by atoms with Crippen LogP contribution in [0.25, 0.3) is 0 Å². The lowest BCUT2D eigenvalue weighted by Crippen LogP contribution is -2.40. The molecule has 0 radical (unpaired) electrons. The smallest absolute Gasteiger partial charge is 0.175 e. The first-order valence-corrected chi connectivity index (χ1v) is 8.32. The second-order valence-electron chi connectivity index (χ2n) is 5.53. The highest BCUT2D eigenvalue weighted by atomic mass is 35.5. The van der Waals surface area contributed by atoms with E-state index in [9.17, 15) is 5.11 Å². The molecule has 114 valence electrons. The number of rotatable bonds is 3. The molecule has 22 heavy (non-hydrogen) atoms. The monoisotopic (exact) mass is 332 g/mol. The molecule has 3 rings (SSSR count). The normalized spacial score (nSPS) is 20.1. The van der Waals surface area contributed by atoms with Gasteiger partial charge in [-0.2, -0.15) is 0 Å². The van der Waals surface area contributed by atoms with Crippen LogP contribution in [0.5, 0.6) is 0 Å². The van der Waals surface area contributed by atoms with Crippen molar-refractivity contribution in [1.29, 1.82) is 0 Å². The van der Waals surface area contributed by atoms with Crippen molar-refractivity contribution in [2.24, 2.45) is 10.7 Å². The molecular weight excluding hydrogens is 316 g/mol. The van der Waals surface area contributed by atoms with Crippen LogP contribution in [-0.4, -0.2) is 16.2 Å². The molecule has 2 aromatic rings. The van der Waals surface area contributed by atoms with Crippen molar-refractivity contribution >= 4 is 34.9 Å². The third-order valence-electron chi connectivity index (χ3n) is 3.60. The van der Waals surface area contributed by atoms with E-state index in [4.69, 9.17) is 17.3 Å². The van der Waals surface area contributed by atoms with Gasteiger partial charge < -0.3 is 10.8 Å². The fourth-order valence-electron chi connectivity index (χ4n) is 2.65. The van der Waals surface area contributed by atoms with Crippen LogP contribution in [-0.2, 0) is 5.60 Å². The summed E-state index contributed by atoms with van der Waals surface area (Å²) in [5.41, 5.74) is 6.70. The summed E-state index contributed by atoms with van der Waals surface area (Å²) in [6.45, 7) is 4.23. The van der Waals surface area contributed by atoms with E-state index in [2.05, 4.69) is 18.8 Å². The second kappa shape index (κ2) is 5.61. The first-order chi connectivity index (χ1) is 10.4. The zero-order chi connectivity index (χ0) is 15.9. The van der Waals surface area contributed by atoms with Gasteiger partial charge in [0.25, 0.3) is 0 Å². The summed E-state index contributed by atoms with van der Waals surface area (Å²) in [5.74, 6) is 0.182. The zero-order valence-electron chi connectivity index (χ0n) is 12.4. The fourth-order valence-corrected chi connectivity index (χ4v) is 3.83. The maximum Gasteiger partial charge on any atom is 0.175 e. The lowest BCUT2D eigenvalue weighted by Gasteiger charge is -2.27. The molecule has 0 aliphatic carbocycles. The number of benzene rings is 2. The molecule has 0 saturated carbocycles. The van der Waals surface area contributed by atoms with Gasteiger partial charge in [0.05, 0.1) is 5.69 Å². The molecule has 1 heterocycles. The van der Waals surface area contributed by atoms with Gasteiger partial charge in [0.2, 0.25) is 0 Å². The van der Waals surface area contributed by atoms with Crippen molar-refractivity contribution in [1.82, 2.24) is 0 Å². The number of nitrogens with zero attached hydrogens (tertiary/aromatic N) is 1.